The number of nitrogens with one attached hydrogen (secondary N) is 2. The number of anilines is 3. The third kappa shape index (κ3) is 3.60. The molecule has 4 aromatic rings. The van der Waals surface area contributed by atoms with Crippen LogP contribution in [0.5, 0.6) is 11.5 Å². The number of aromatic nitrogens is 2. The summed E-state index contributed by atoms with van der Waals surface area (Å²) < 4.78 is 11.0. The van der Waals surface area contributed by atoms with E-state index in [0.717, 1.165) is 22.3 Å². The van der Waals surface area contributed by atoms with Crippen LogP contribution < -0.4 is 20.1 Å². The molecule has 1 amide bonds. The first kappa shape index (κ1) is 17.9. The van der Waals surface area contributed by atoms with Gasteiger partial charge in [0.1, 0.15) is 18.9 Å². The van der Waals surface area contributed by atoms with Gasteiger partial charge in [0, 0.05) is 23.3 Å². The first-order valence-corrected chi connectivity index (χ1v) is 9.54. The van der Waals surface area contributed by atoms with Gasteiger partial charge in [0.15, 0.2) is 11.5 Å². The molecule has 0 aliphatic carbocycles. The number of benzene rings is 2. The molecule has 7 nitrogen and oxygen atoms in total. The van der Waals surface area contributed by atoms with Gasteiger partial charge in [-0.2, -0.15) is 0 Å². The summed E-state index contributed by atoms with van der Waals surface area (Å²) in [4.78, 5) is 21.3. The van der Waals surface area contributed by atoms with E-state index in [4.69, 9.17) is 9.47 Å². The summed E-state index contributed by atoms with van der Waals surface area (Å²) in [6, 6.07) is 18.6. The van der Waals surface area contributed by atoms with Crippen molar-refractivity contribution in [3.63, 3.8) is 0 Å². The Morgan fingerprint density at radius 3 is 2.57 bits per heavy atom. The zero-order chi connectivity index (χ0) is 20.3. The Bertz CT molecular complexity index is 1220. The number of fused-ring (bicyclic) bond motifs is 2. The smallest absolute Gasteiger partial charge is 0.274 e. The van der Waals surface area contributed by atoms with Crippen LogP contribution in [0.25, 0.3) is 10.9 Å². The molecule has 2 aromatic heterocycles. The summed E-state index contributed by atoms with van der Waals surface area (Å²) in [5.74, 6) is 0.996. The van der Waals surface area contributed by atoms with Crippen LogP contribution >= 0.6 is 0 Å². The van der Waals surface area contributed by atoms with Crippen molar-refractivity contribution in [3.05, 3.63) is 78.8 Å². The molecule has 0 saturated carbocycles. The highest BCUT2D eigenvalue weighted by Crippen LogP contribution is 2.32. The van der Waals surface area contributed by atoms with Crippen molar-refractivity contribution in [2.45, 2.75) is 0 Å². The largest absolute Gasteiger partial charge is 0.486 e. The molecule has 0 saturated heterocycles. The minimum absolute atomic E-state index is 0.301. The molecule has 2 aromatic carbocycles. The standard InChI is InChI=1S/C23H18N4O3/c28-23(27-16-7-9-20-21(13-16)30-12-11-29-20)19-8-6-17(14-25-19)26-18-5-1-3-15-4-2-10-24-22(15)18/h1-10,13-14,26H,11-12H2,(H,27,28). The van der Waals surface area contributed by atoms with E-state index in [2.05, 4.69) is 20.6 Å². The molecule has 1 aliphatic heterocycles. The molecule has 3 heterocycles. The van der Waals surface area contributed by atoms with Gasteiger partial charge in [0.25, 0.3) is 5.91 Å². The predicted octanol–water partition coefficient (Wildman–Crippen LogP) is 4.40. The summed E-state index contributed by atoms with van der Waals surface area (Å²) >= 11 is 0. The van der Waals surface area contributed by atoms with Crippen molar-refractivity contribution in [3.8, 4) is 11.5 Å². The van der Waals surface area contributed by atoms with Crippen LogP contribution in [0.2, 0.25) is 0 Å². The maximum atomic E-state index is 12.6. The average Bonchev–Trinajstić information content (AvgIpc) is 2.80. The number of amides is 1. The van der Waals surface area contributed by atoms with E-state index in [1.54, 1.807) is 36.7 Å². The minimum Gasteiger partial charge on any atom is -0.486 e. The molecule has 5 rings (SSSR count). The Morgan fingerprint density at radius 2 is 1.70 bits per heavy atom. The van der Waals surface area contributed by atoms with Gasteiger partial charge in [-0.25, -0.2) is 4.98 Å². The lowest BCUT2D eigenvalue weighted by molar-refractivity contribution is 0.102. The first-order valence-electron chi connectivity index (χ1n) is 9.54. The van der Waals surface area contributed by atoms with Crippen LogP contribution in [0.3, 0.4) is 0 Å². The molecule has 0 spiro atoms. The monoisotopic (exact) mass is 398 g/mol. The highest BCUT2D eigenvalue weighted by atomic mass is 16.6. The number of pyridine rings is 2. The number of rotatable bonds is 4. The maximum absolute atomic E-state index is 12.6. The second-order valence-electron chi connectivity index (χ2n) is 6.75. The fraction of sp³-hybridized carbons (Fsp3) is 0.0870. The van der Waals surface area contributed by atoms with Crippen molar-refractivity contribution < 1.29 is 14.3 Å². The Morgan fingerprint density at radius 1 is 0.867 bits per heavy atom. The fourth-order valence-corrected chi connectivity index (χ4v) is 3.28. The molecule has 7 heteroatoms. The molecule has 0 unspecified atom stereocenters. The van der Waals surface area contributed by atoms with Gasteiger partial charge >= 0.3 is 0 Å². The zero-order valence-electron chi connectivity index (χ0n) is 16.0. The van der Waals surface area contributed by atoms with Gasteiger partial charge in [-0.05, 0) is 36.4 Å². The van der Waals surface area contributed by atoms with Crippen LogP contribution in [0.4, 0.5) is 17.1 Å². The lowest BCUT2D eigenvalue weighted by Crippen LogP contribution is -2.17. The van der Waals surface area contributed by atoms with Crippen molar-refractivity contribution in [2.75, 3.05) is 23.8 Å². The van der Waals surface area contributed by atoms with Crippen LogP contribution in [-0.2, 0) is 0 Å². The quantitative estimate of drug-likeness (QED) is 0.530. The highest BCUT2D eigenvalue weighted by Gasteiger charge is 2.14. The number of hydrogen-bond acceptors (Lipinski definition) is 6. The topological polar surface area (TPSA) is 85.4 Å². The summed E-state index contributed by atoms with van der Waals surface area (Å²) in [6.07, 6.45) is 3.39. The molecule has 0 fully saturated rings. The second-order valence-corrected chi connectivity index (χ2v) is 6.75. The molecule has 0 atom stereocenters. The van der Waals surface area contributed by atoms with Gasteiger partial charge in [-0.15, -0.1) is 0 Å². The SMILES string of the molecule is O=C(Nc1ccc2c(c1)OCCO2)c1ccc(Nc2cccc3cccnc23)cn1. The summed E-state index contributed by atoms with van der Waals surface area (Å²) in [5, 5.41) is 7.19. The van der Waals surface area contributed by atoms with Crippen LogP contribution in [0, 0.1) is 0 Å². The predicted molar refractivity (Wildman–Crippen MR) is 115 cm³/mol. The number of ether oxygens (including phenoxy) is 2. The Hall–Kier alpha value is -4.13. The van der Waals surface area contributed by atoms with Crippen LogP contribution in [-0.4, -0.2) is 29.1 Å². The lowest BCUT2D eigenvalue weighted by Gasteiger charge is -2.19. The Labute approximate surface area is 172 Å². The third-order valence-electron chi connectivity index (χ3n) is 4.71. The lowest BCUT2D eigenvalue weighted by atomic mass is 10.2. The van der Waals surface area contributed by atoms with Crippen molar-refractivity contribution in [1.82, 2.24) is 9.97 Å². The van der Waals surface area contributed by atoms with Crippen molar-refractivity contribution in [2.24, 2.45) is 0 Å². The van der Waals surface area contributed by atoms with Crippen LogP contribution in [0.15, 0.2) is 73.1 Å². The highest BCUT2D eigenvalue weighted by molar-refractivity contribution is 6.03. The number of carbonyl (C=O) groups is 1. The van der Waals surface area contributed by atoms with E-state index in [0.29, 0.717) is 36.1 Å². The number of carbonyl (C=O) groups excluding carboxylic acids is 1. The van der Waals surface area contributed by atoms with Gasteiger partial charge < -0.3 is 20.1 Å². The Balaban J connectivity index is 1.30. The van der Waals surface area contributed by atoms with Crippen LogP contribution in [0.1, 0.15) is 10.5 Å². The van der Waals surface area contributed by atoms with Crippen molar-refractivity contribution in [1.29, 1.82) is 0 Å². The number of nitrogens with zero attached hydrogens (tertiary/aromatic N) is 2. The second kappa shape index (κ2) is 7.71. The number of hydrogen-bond donors (Lipinski definition) is 2. The minimum atomic E-state index is -0.301. The van der Waals surface area contributed by atoms with Gasteiger partial charge in [-0.3, -0.25) is 9.78 Å². The number of para-hydroxylation sites is 1. The Kier molecular flexibility index (Phi) is 4.61. The van der Waals surface area contributed by atoms with E-state index in [1.165, 1.54) is 0 Å². The third-order valence-corrected chi connectivity index (χ3v) is 4.71. The summed E-state index contributed by atoms with van der Waals surface area (Å²) in [7, 11) is 0. The van der Waals surface area contributed by atoms with E-state index in [-0.39, 0.29) is 5.91 Å². The first-order chi connectivity index (χ1) is 14.8. The summed E-state index contributed by atoms with van der Waals surface area (Å²) in [6.45, 7) is 1.02. The molecular formula is C23H18N4O3. The normalized spacial score (nSPS) is 12.4. The molecule has 30 heavy (non-hydrogen) atoms. The molecular weight excluding hydrogens is 380 g/mol. The molecule has 148 valence electrons. The maximum Gasteiger partial charge on any atom is 0.274 e. The van der Waals surface area contributed by atoms with Gasteiger partial charge in [-0.1, -0.05) is 18.2 Å². The van der Waals surface area contributed by atoms with E-state index in [9.17, 15) is 4.79 Å². The van der Waals surface area contributed by atoms with E-state index >= 15 is 0 Å². The van der Waals surface area contributed by atoms with E-state index in [1.807, 2.05) is 36.4 Å². The fourth-order valence-electron chi connectivity index (χ4n) is 3.28. The molecule has 2 N–H and O–H groups in total. The van der Waals surface area contributed by atoms with Gasteiger partial charge in [0.2, 0.25) is 0 Å². The molecule has 1 aliphatic rings. The molecule has 0 bridgehead atoms. The van der Waals surface area contributed by atoms with E-state index < -0.39 is 0 Å². The summed E-state index contributed by atoms with van der Waals surface area (Å²) in [5.41, 5.74) is 3.45. The van der Waals surface area contributed by atoms with Crippen molar-refractivity contribution >= 4 is 33.9 Å². The molecule has 0 radical (unpaired) electrons. The van der Waals surface area contributed by atoms with Gasteiger partial charge in [0.05, 0.1) is 23.1 Å². The average molecular weight is 398 g/mol. The zero-order valence-corrected chi connectivity index (χ0v) is 16.0.